The van der Waals surface area contributed by atoms with Crippen molar-refractivity contribution in [1.82, 2.24) is 10.2 Å². The van der Waals surface area contributed by atoms with Gasteiger partial charge in [-0.05, 0) is 162 Å². The topological polar surface area (TPSA) is 52.6 Å². The molecule has 1 saturated heterocycles. The fraction of sp³-hybridized carbons (Fsp3) is 0.923. The molecule has 43 heavy (non-hydrogen) atoms. The van der Waals surface area contributed by atoms with Crippen LogP contribution >= 0.6 is 0 Å². The molecule has 6 aliphatic rings. The van der Waals surface area contributed by atoms with E-state index in [4.69, 9.17) is 0 Å². The normalized spacial score (nSPS) is 47.9. The summed E-state index contributed by atoms with van der Waals surface area (Å²) in [5.74, 6) is 3.08. The first-order valence-electron chi connectivity index (χ1n) is 18.4. The van der Waals surface area contributed by atoms with E-state index in [1.165, 1.54) is 76.5 Å². The molecule has 5 saturated carbocycles. The minimum Gasteiger partial charge on any atom is -0.393 e. The van der Waals surface area contributed by atoms with Crippen LogP contribution in [0.2, 0.25) is 0 Å². The van der Waals surface area contributed by atoms with Crippen molar-refractivity contribution in [3.8, 4) is 0 Å². The zero-order valence-corrected chi connectivity index (χ0v) is 29.3. The number of piperidine rings is 1. The van der Waals surface area contributed by atoms with Crippen LogP contribution in [0.15, 0.2) is 12.2 Å². The molecule has 0 radical (unpaired) electrons. The van der Waals surface area contributed by atoms with Crippen LogP contribution in [0.4, 0.5) is 0 Å². The van der Waals surface area contributed by atoms with Gasteiger partial charge in [-0.2, -0.15) is 0 Å². The summed E-state index contributed by atoms with van der Waals surface area (Å²) >= 11 is 0. The number of nitrogens with one attached hydrogen (secondary N) is 1. The molecular formula is C39H66N2O2. The predicted molar refractivity (Wildman–Crippen MR) is 177 cm³/mol. The van der Waals surface area contributed by atoms with Gasteiger partial charge in [0.15, 0.2) is 0 Å². The number of hydrogen-bond acceptors (Lipinski definition) is 3. The fourth-order valence-electron chi connectivity index (χ4n) is 13.7. The van der Waals surface area contributed by atoms with Gasteiger partial charge in [-0.25, -0.2) is 0 Å². The zero-order chi connectivity index (χ0) is 31.2. The minimum absolute atomic E-state index is 0.0105. The van der Waals surface area contributed by atoms with Crippen molar-refractivity contribution in [2.75, 3.05) is 19.6 Å². The number of aliphatic hydroxyl groups is 1. The van der Waals surface area contributed by atoms with Crippen molar-refractivity contribution in [3.05, 3.63) is 12.2 Å². The molecule has 6 fully saturated rings. The number of rotatable bonds is 5. The second-order valence-corrected chi connectivity index (χ2v) is 18.9. The van der Waals surface area contributed by atoms with Gasteiger partial charge in [-0.1, -0.05) is 53.2 Å². The third kappa shape index (κ3) is 4.67. The Bertz CT molecular complexity index is 1110. The molecule has 0 aromatic heterocycles. The summed E-state index contributed by atoms with van der Waals surface area (Å²) in [6, 6.07) is 0. The van der Waals surface area contributed by atoms with E-state index in [1.807, 2.05) is 0 Å². The highest BCUT2D eigenvalue weighted by Crippen LogP contribution is 2.77. The van der Waals surface area contributed by atoms with Gasteiger partial charge < -0.3 is 15.3 Å². The van der Waals surface area contributed by atoms with Crippen molar-refractivity contribution in [3.63, 3.8) is 0 Å². The number of allylic oxidation sites excluding steroid dienone is 1. The average molecular weight is 595 g/mol. The fourth-order valence-corrected chi connectivity index (χ4v) is 13.7. The van der Waals surface area contributed by atoms with E-state index in [0.717, 1.165) is 32.2 Å². The first kappa shape index (κ1) is 32.1. The van der Waals surface area contributed by atoms with Crippen LogP contribution in [0.3, 0.4) is 0 Å². The molecule has 1 aliphatic heterocycles. The smallest absolute Gasteiger partial charge is 0.226 e. The number of hydrogen-bond donors (Lipinski definition) is 2. The number of aliphatic hydroxyl groups excluding tert-OH is 1. The van der Waals surface area contributed by atoms with Gasteiger partial charge in [0.25, 0.3) is 0 Å². The summed E-state index contributed by atoms with van der Waals surface area (Å²) in [6.07, 6.45) is 15.3. The van der Waals surface area contributed by atoms with Crippen LogP contribution in [-0.2, 0) is 4.79 Å². The van der Waals surface area contributed by atoms with Gasteiger partial charge in [-0.15, -0.1) is 0 Å². The molecule has 1 amide bonds. The van der Waals surface area contributed by atoms with Crippen molar-refractivity contribution in [1.29, 1.82) is 0 Å². The highest BCUT2D eigenvalue weighted by Gasteiger charge is 2.72. The van der Waals surface area contributed by atoms with E-state index in [1.54, 1.807) is 0 Å². The van der Waals surface area contributed by atoms with Gasteiger partial charge in [-0.3, -0.25) is 4.79 Å². The molecule has 5 aliphatic carbocycles. The Kier molecular flexibility index (Phi) is 7.89. The van der Waals surface area contributed by atoms with Crippen molar-refractivity contribution >= 4 is 5.91 Å². The Morgan fingerprint density at radius 1 is 0.860 bits per heavy atom. The summed E-state index contributed by atoms with van der Waals surface area (Å²) in [4.78, 5) is 17.3. The molecular weight excluding hydrogens is 528 g/mol. The van der Waals surface area contributed by atoms with Crippen LogP contribution in [0.1, 0.15) is 139 Å². The zero-order valence-electron chi connectivity index (χ0n) is 29.3. The van der Waals surface area contributed by atoms with E-state index < -0.39 is 0 Å². The third-order valence-electron chi connectivity index (χ3n) is 16.0. The van der Waals surface area contributed by atoms with Crippen LogP contribution in [-0.4, -0.2) is 47.2 Å². The largest absolute Gasteiger partial charge is 0.393 e. The van der Waals surface area contributed by atoms with Crippen LogP contribution in [0.5, 0.6) is 0 Å². The van der Waals surface area contributed by atoms with Gasteiger partial charge in [0.1, 0.15) is 0 Å². The second-order valence-electron chi connectivity index (χ2n) is 18.9. The van der Waals surface area contributed by atoms with E-state index in [0.29, 0.717) is 35.5 Å². The quantitative estimate of drug-likeness (QED) is 0.314. The molecule has 6 rings (SSSR count). The number of carbonyl (C=O) groups is 1. The van der Waals surface area contributed by atoms with Crippen LogP contribution in [0, 0.1) is 56.7 Å². The highest BCUT2D eigenvalue weighted by atomic mass is 16.3. The van der Waals surface area contributed by atoms with Crippen LogP contribution in [0.25, 0.3) is 0 Å². The lowest BCUT2D eigenvalue weighted by Gasteiger charge is -2.72. The summed E-state index contributed by atoms with van der Waals surface area (Å²) in [5.41, 5.74) is 1.63. The predicted octanol–water partition coefficient (Wildman–Crippen LogP) is 8.39. The lowest BCUT2D eigenvalue weighted by atomic mass is 9.32. The van der Waals surface area contributed by atoms with Gasteiger partial charge in [0, 0.05) is 12.1 Å². The number of nitrogens with zero attached hydrogens (tertiary/aromatic N) is 1. The Morgan fingerprint density at radius 3 is 2.23 bits per heavy atom. The van der Waals surface area contributed by atoms with Crippen molar-refractivity contribution < 1.29 is 9.90 Å². The SMILES string of the molecule is C=C(C)[C@@H]1CC[C@]2(C(=O)NC(C)(C)CN3CCCCC3)CC[C@]3(C)[C@H](CC[C@@H]4[C@@]5(C)CC[C@H](O)C(C)(C)[C@@H]5CC[C@]43C)[C@@H]12. The molecule has 0 bridgehead atoms. The summed E-state index contributed by atoms with van der Waals surface area (Å²) in [7, 11) is 0. The van der Waals surface area contributed by atoms with E-state index in [9.17, 15) is 9.90 Å². The highest BCUT2D eigenvalue weighted by molar-refractivity contribution is 5.84. The number of likely N-dealkylation sites (tertiary alicyclic amines) is 1. The first-order valence-corrected chi connectivity index (χ1v) is 18.4. The minimum atomic E-state index is -0.256. The number of amides is 1. The maximum atomic E-state index is 14.7. The Labute approximate surface area is 264 Å². The molecule has 4 nitrogen and oxygen atoms in total. The van der Waals surface area contributed by atoms with E-state index >= 15 is 0 Å². The summed E-state index contributed by atoms with van der Waals surface area (Å²) < 4.78 is 0. The lowest BCUT2D eigenvalue weighted by molar-refractivity contribution is -0.246. The molecule has 10 atom stereocenters. The molecule has 2 N–H and O–H groups in total. The summed E-state index contributed by atoms with van der Waals surface area (Å²) in [5, 5.41) is 14.8. The molecule has 0 aromatic rings. The first-order chi connectivity index (χ1) is 20.0. The lowest BCUT2D eigenvalue weighted by Crippen LogP contribution is -2.68. The maximum Gasteiger partial charge on any atom is 0.226 e. The average Bonchev–Trinajstić information content (AvgIpc) is 3.33. The van der Waals surface area contributed by atoms with Gasteiger partial charge in [0.2, 0.25) is 5.91 Å². The van der Waals surface area contributed by atoms with E-state index in [2.05, 4.69) is 72.2 Å². The second kappa shape index (κ2) is 10.6. The maximum absolute atomic E-state index is 14.7. The molecule has 0 spiro atoms. The monoisotopic (exact) mass is 595 g/mol. The molecule has 4 heteroatoms. The Morgan fingerprint density at radius 2 is 1.56 bits per heavy atom. The van der Waals surface area contributed by atoms with Crippen molar-refractivity contribution in [2.24, 2.45) is 56.7 Å². The van der Waals surface area contributed by atoms with E-state index in [-0.39, 0.29) is 38.7 Å². The molecule has 0 unspecified atom stereocenters. The number of fused-ring (bicyclic) bond motifs is 7. The third-order valence-corrected chi connectivity index (χ3v) is 16.0. The number of carbonyl (C=O) groups excluding carboxylic acids is 1. The molecule has 1 heterocycles. The summed E-state index contributed by atoms with van der Waals surface area (Å²) in [6.45, 7) is 27.3. The van der Waals surface area contributed by atoms with Crippen molar-refractivity contribution in [2.45, 2.75) is 151 Å². The molecule has 244 valence electrons. The van der Waals surface area contributed by atoms with Gasteiger partial charge in [0.05, 0.1) is 11.5 Å². The standard InChI is InChI=1S/C39H66N2O2/c1-26(2)27-15-20-39(33(43)40-34(3,4)25-41-23-11-10-12-24-41)22-21-37(8)28(32(27)39)13-14-30-36(7)18-17-31(42)35(5,6)29(36)16-19-38(30,37)9/h27-32,42H,1,10-25H2,2-9H3,(H,40,43)/t27-,28+,29-,30+,31-,32+,36-,37+,38+,39-/m0/s1. The van der Waals surface area contributed by atoms with Crippen LogP contribution < -0.4 is 5.32 Å². The van der Waals surface area contributed by atoms with Gasteiger partial charge >= 0.3 is 0 Å². The molecule has 0 aromatic carbocycles. The Hall–Kier alpha value is -0.870. The Balaban J connectivity index is 1.31.